The van der Waals surface area contributed by atoms with E-state index < -0.39 is 0 Å². The third-order valence-electron chi connectivity index (χ3n) is 2.48. The van der Waals surface area contributed by atoms with Gasteiger partial charge < -0.3 is 10.6 Å². The van der Waals surface area contributed by atoms with Crippen LogP contribution in [0.2, 0.25) is 0 Å². The summed E-state index contributed by atoms with van der Waals surface area (Å²) in [6, 6.07) is 1.87. The maximum atomic E-state index is 11.7. The van der Waals surface area contributed by atoms with Gasteiger partial charge in [0.2, 0.25) is 5.91 Å². The number of carbonyl (C=O) groups excluding carboxylic acids is 1. The van der Waals surface area contributed by atoms with E-state index in [2.05, 4.69) is 33.5 Å². The third kappa shape index (κ3) is 5.19. The van der Waals surface area contributed by atoms with Gasteiger partial charge in [0.15, 0.2) is 0 Å². The third-order valence-corrected chi connectivity index (χ3v) is 4.41. The molecule has 1 atom stereocenters. The predicted molar refractivity (Wildman–Crippen MR) is 76.2 cm³/mol. The standard InChI is InChI=1S/C12H19BrN2OS/c1-3-4-6-14-12(16)9(2)15-8-11-10(13)5-7-17-11/h5,7,9,15H,3-4,6,8H2,1-2H3,(H,14,16). The zero-order chi connectivity index (χ0) is 12.7. The largest absolute Gasteiger partial charge is 0.355 e. The Morgan fingerprint density at radius 3 is 2.94 bits per heavy atom. The molecule has 0 radical (unpaired) electrons. The normalized spacial score (nSPS) is 12.4. The summed E-state index contributed by atoms with van der Waals surface area (Å²) in [5.41, 5.74) is 0. The Balaban J connectivity index is 2.27. The van der Waals surface area contributed by atoms with Crippen molar-refractivity contribution >= 4 is 33.2 Å². The molecule has 0 bridgehead atoms. The number of amides is 1. The number of halogens is 1. The first-order chi connectivity index (χ1) is 8.15. The van der Waals surface area contributed by atoms with E-state index in [0.717, 1.165) is 30.4 Å². The van der Waals surface area contributed by atoms with Gasteiger partial charge in [0.25, 0.3) is 0 Å². The molecule has 1 aromatic heterocycles. The van der Waals surface area contributed by atoms with Gasteiger partial charge in [-0.25, -0.2) is 0 Å². The second-order valence-electron chi connectivity index (χ2n) is 3.94. The fourth-order valence-corrected chi connectivity index (χ4v) is 2.77. The van der Waals surface area contributed by atoms with Crippen molar-refractivity contribution in [2.75, 3.05) is 6.54 Å². The van der Waals surface area contributed by atoms with Gasteiger partial charge in [0, 0.05) is 22.4 Å². The van der Waals surface area contributed by atoms with E-state index in [-0.39, 0.29) is 11.9 Å². The minimum atomic E-state index is -0.152. The number of hydrogen-bond donors (Lipinski definition) is 2. The van der Waals surface area contributed by atoms with Gasteiger partial charge in [-0.2, -0.15) is 0 Å². The van der Waals surface area contributed by atoms with Crippen LogP contribution >= 0.6 is 27.3 Å². The number of thiophene rings is 1. The summed E-state index contributed by atoms with van der Waals surface area (Å²) in [5.74, 6) is 0.0751. The van der Waals surface area contributed by atoms with Crippen molar-refractivity contribution in [1.82, 2.24) is 10.6 Å². The van der Waals surface area contributed by atoms with Crippen molar-refractivity contribution in [2.24, 2.45) is 0 Å². The molecular formula is C12H19BrN2OS. The summed E-state index contributed by atoms with van der Waals surface area (Å²) in [5, 5.41) is 8.17. The van der Waals surface area contributed by atoms with E-state index in [0.29, 0.717) is 0 Å². The first kappa shape index (κ1) is 14.7. The Morgan fingerprint density at radius 1 is 1.59 bits per heavy atom. The molecule has 1 unspecified atom stereocenters. The quantitative estimate of drug-likeness (QED) is 0.759. The molecule has 0 spiro atoms. The first-order valence-electron chi connectivity index (χ1n) is 5.88. The molecule has 1 heterocycles. The zero-order valence-electron chi connectivity index (χ0n) is 10.3. The van der Waals surface area contributed by atoms with Crippen molar-refractivity contribution in [2.45, 2.75) is 39.3 Å². The Bertz CT molecular complexity index is 354. The minimum Gasteiger partial charge on any atom is -0.355 e. The fourth-order valence-electron chi connectivity index (χ4n) is 1.33. The summed E-state index contributed by atoms with van der Waals surface area (Å²) in [4.78, 5) is 12.9. The molecule has 1 aromatic rings. The second-order valence-corrected chi connectivity index (χ2v) is 5.79. The average molecular weight is 319 g/mol. The minimum absolute atomic E-state index is 0.0751. The second kappa shape index (κ2) is 7.84. The lowest BCUT2D eigenvalue weighted by Crippen LogP contribution is -2.42. The number of unbranched alkanes of at least 4 members (excludes halogenated alkanes) is 1. The van der Waals surface area contributed by atoms with Gasteiger partial charge >= 0.3 is 0 Å². The molecule has 0 saturated carbocycles. The molecule has 2 N–H and O–H groups in total. The Morgan fingerprint density at radius 2 is 2.35 bits per heavy atom. The highest BCUT2D eigenvalue weighted by Crippen LogP contribution is 2.22. The number of hydrogen-bond acceptors (Lipinski definition) is 3. The van der Waals surface area contributed by atoms with Crippen LogP contribution < -0.4 is 10.6 Å². The zero-order valence-corrected chi connectivity index (χ0v) is 12.7. The number of rotatable bonds is 7. The van der Waals surface area contributed by atoms with Crippen LogP contribution in [0.1, 0.15) is 31.6 Å². The molecule has 1 rings (SSSR count). The van der Waals surface area contributed by atoms with E-state index in [1.807, 2.05) is 18.4 Å². The van der Waals surface area contributed by atoms with Crippen LogP contribution in [0.5, 0.6) is 0 Å². The Labute approximate surface area is 115 Å². The summed E-state index contributed by atoms with van der Waals surface area (Å²) in [6.07, 6.45) is 2.14. The van der Waals surface area contributed by atoms with Crippen molar-refractivity contribution in [1.29, 1.82) is 0 Å². The van der Waals surface area contributed by atoms with Gasteiger partial charge in [0.1, 0.15) is 0 Å². The van der Waals surface area contributed by atoms with Crippen LogP contribution in [0.15, 0.2) is 15.9 Å². The smallest absolute Gasteiger partial charge is 0.236 e. The van der Waals surface area contributed by atoms with Gasteiger partial charge in [-0.15, -0.1) is 11.3 Å². The highest BCUT2D eigenvalue weighted by molar-refractivity contribution is 9.10. The van der Waals surface area contributed by atoms with Gasteiger partial charge in [-0.05, 0) is 40.7 Å². The lowest BCUT2D eigenvalue weighted by molar-refractivity contribution is -0.122. The fraction of sp³-hybridized carbons (Fsp3) is 0.583. The van der Waals surface area contributed by atoms with Crippen molar-refractivity contribution in [3.8, 4) is 0 Å². The molecular weight excluding hydrogens is 300 g/mol. The van der Waals surface area contributed by atoms with Gasteiger partial charge in [-0.1, -0.05) is 13.3 Å². The molecule has 0 aliphatic rings. The van der Waals surface area contributed by atoms with Gasteiger partial charge in [0.05, 0.1) is 6.04 Å². The summed E-state index contributed by atoms with van der Waals surface area (Å²) >= 11 is 5.16. The van der Waals surface area contributed by atoms with Crippen LogP contribution in [0.25, 0.3) is 0 Å². The van der Waals surface area contributed by atoms with Crippen molar-refractivity contribution in [3.63, 3.8) is 0 Å². The Hall–Kier alpha value is -0.390. The molecule has 0 aromatic carbocycles. The van der Waals surface area contributed by atoms with E-state index in [9.17, 15) is 4.79 Å². The SMILES string of the molecule is CCCCNC(=O)C(C)NCc1sccc1Br. The molecule has 0 aliphatic heterocycles. The molecule has 1 amide bonds. The van der Waals surface area contributed by atoms with Crippen LogP contribution in [0, 0.1) is 0 Å². The molecule has 96 valence electrons. The topological polar surface area (TPSA) is 41.1 Å². The molecule has 3 nitrogen and oxygen atoms in total. The number of nitrogens with one attached hydrogen (secondary N) is 2. The van der Waals surface area contributed by atoms with Gasteiger partial charge in [-0.3, -0.25) is 4.79 Å². The predicted octanol–water partition coefficient (Wildman–Crippen LogP) is 2.91. The maximum Gasteiger partial charge on any atom is 0.236 e. The molecule has 0 aliphatic carbocycles. The maximum absolute atomic E-state index is 11.7. The molecule has 5 heteroatoms. The van der Waals surface area contributed by atoms with Crippen molar-refractivity contribution in [3.05, 3.63) is 20.8 Å². The highest BCUT2D eigenvalue weighted by atomic mass is 79.9. The van der Waals surface area contributed by atoms with Crippen LogP contribution in [0.4, 0.5) is 0 Å². The lowest BCUT2D eigenvalue weighted by atomic mass is 10.3. The van der Waals surface area contributed by atoms with Crippen molar-refractivity contribution < 1.29 is 4.79 Å². The molecule has 0 saturated heterocycles. The first-order valence-corrected chi connectivity index (χ1v) is 7.55. The number of carbonyl (C=O) groups is 1. The Kier molecular flexibility index (Phi) is 6.77. The summed E-state index contributed by atoms with van der Waals surface area (Å²) < 4.78 is 1.11. The lowest BCUT2D eigenvalue weighted by Gasteiger charge is -2.13. The van der Waals surface area contributed by atoms with Crippen LogP contribution in [0.3, 0.4) is 0 Å². The summed E-state index contributed by atoms with van der Waals surface area (Å²) in [7, 11) is 0. The van der Waals surface area contributed by atoms with Crippen LogP contribution in [-0.4, -0.2) is 18.5 Å². The van der Waals surface area contributed by atoms with E-state index in [1.54, 1.807) is 11.3 Å². The summed E-state index contributed by atoms with van der Waals surface area (Å²) in [6.45, 7) is 5.50. The van der Waals surface area contributed by atoms with E-state index in [1.165, 1.54) is 4.88 Å². The van der Waals surface area contributed by atoms with Crippen LogP contribution in [-0.2, 0) is 11.3 Å². The molecule has 0 fully saturated rings. The van der Waals surface area contributed by atoms with E-state index in [4.69, 9.17) is 0 Å². The van der Waals surface area contributed by atoms with E-state index >= 15 is 0 Å². The monoisotopic (exact) mass is 318 g/mol. The average Bonchev–Trinajstić information content (AvgIpc) is 2.72. The highest BCUT2D eigenvalue weighted by Gasteiger charge is 2.12. The molecule has 17 heavy (non-hydrogen) atoms.